The fraction of sp³-hybridized carbons (Fsp3) is 0.429. The number of fused-ring (bicyclic) bond motifs is 1. The van der Waals surface area contributed by atoms with E-state index in [1.165, 1.54) is 18.2 Å². The summed E-state index contributed by atoms with van der Waals surface area (Å²) in [4.78, 5) is 22.6. The predicted molar refractivity (Wildman–Crippen MR) is 73.9 cm³/mol. The second-order valence-electron chi connectivity index (χ2n) is 5.78. The smallest absolute Gasteiger partial charge is 0.324 e. The Hall–Kier alpha value is -1.80. The molecule has 6 atom stereocenters. The highest BCUT2D eigenvalue weighted by Gasteiger charge is 2.75. The van der Waals surface area contributed by atoms with Gasteiger partial charge in [0.1, 0.15) is 11.4 Å². The Labute approximate surface area is 127 Å². The van der Waals surface area contributed by atoms with Crippen molar-refractivity contribution in [2.75, 3.05) is 0 Å². The SMILES string of the molecule is NC1(C(=O)O)CC(S(=O)c2ccccc2F)C2C(C(=O)O)C21. The Kier molecular flexibility index (Phi) is 3.33. The van der Waals surface area contributed by atoms with E-state index >= 15 is 0 Å². The Morgan fingerprint density at radius 2 is 1.95 bits per heavy atom. The van der Waals surface area contributed by atoms with E-state index in [0.717, 1.165) is 6.07 Å². The molecule has 2 saturated carbocycles. The van der Waals surface area contributed by atoms with E-state index in [2.05, 4.69) is 0 Å². The Balaban J connectivity index is 1.96. The third-order valence-electron chi connectivity index (χ3n) is 4.65. The molecule has 3 rings (SSSR count). The lowest BCUT2D eigenvalue weighted by atomic mass is 9.91. The molecule has 8 heteroatoms. The predicted octanol–water partition coefficient (Wildman–Crippen LogP) is 0.434. The molecule has 0 aromatic heterocycles. The fourth-order valence-corrected chi connectivity index (χ4v) is 5.45. The minimum Gasteiger partial charge on any atom is -0.481 e. The molecule has 118 valence electrons. The van der Waals surface area contributed by atoms with Crippen molar-refractivity contribution in [3.05, 3.63) is 30.1 Å². The average molecular weight is 327 g/mol. The normalized spacial score (nSPS) is 37.4. The van der Waals surface area contributed by atoms with E-state index in [1.54, 1.807) is 0 Å². The first kappa shape index (κ1) is 15.1. The zero-order valence-corrected chi connectivity index (χ0v) is 12.1. The molecule has 6 unspecified atom stereocenters. The van der Waals surface area contributed by atoms with Gasteiger partial charge in [-0.1, -0.05) is 12.1 Å². The molecular weight excluding hydrogens is 313 g/mol. The quantitative estimate of drug-likeness (QED) is 0.738. The number of benzene rings is 1. The van der Waals surface area contributed by atoms with Crippen LogP contribution in [0.3, 0.4) is 0 Å². The van der Waals surface area contributed by atoms with Crippen LogP contribution in [0.5, 0.6) is 0 Å². The zero-order chi connectivity index (χ0) is 16.2. The van der Waals surface area contributed by atoms with Crippen LogP contribution in [0.25, 0.3) is 0 Å². The highest BCUT2D eigenvalue weighted by molar-refractivity contribution is 7.85. The molecule has 0 amide bonds. The van der Waals surface area contributed by atoms with Crippen molar-refractivity contribution in [3.63, 3.8) is 0 Å². The molecule has 22 heavy (non-hydrogen) atoms. The molecule has 2 fully saturated rings. The summed E-state index contributed by atoms with van der Waals surface area (Å²) in [7, 11) is -1.84. The largest absolute Gasteiger partial charge is 0.481 e. The molecule has 2 aliphatic rings. The highest BCUT2D eigenvalue weighted by atomic mass is 32.2. The summed E-state index contributed by atoms with van der Waals surface area (Å²) in [6.45, 7) is 0. The van der Waals surface area contributed by atoms with Crippen molar-refractivity contribution >= 4 is 22.7 Å². The van der Waals surface area contributed by atoms with E-state index in [0.29, 0.717) is 0 Å². The third-order valence-corrected chi connectivity index (χ3v) is 6.45. The Bertz CT molecular complexity index is 696. The van der Waals surface area contributed by atoms with Crippen LogP contribution in [0.4, 0.5) is 4.39 Å². The number of halogens is 1. The summed E-state index contributed by atoms with van der Waals surface area (Å²) in [5, 5.41) is 17.7. The molecule has 0 radical (unpaired) electrons. The van der Waals surface area contributed by atoms with Gasteiger partial charge < -0.3 is 15.9 Å². The van der Waals surface area contributed by atoms with E-state index in [1.807, 2.05) is 0 Å². The topological polar surface area (TPSA) is 118 Å². The monoisotopic (exact) mass is 327 g/mol. The summed E-state index contributed by atoms with van der Waals surface area (Å²) in [6, 6.07) is 5.50. The van der Waals surface area contributed by atoms with Gasteiger partial charge in [0, 0.05) is 11.2 Å². The van der Waals surface area contributed by atoms with E-state index in [9.17, 15) is 28.4 Å². The van der Waals surface area contributed by atoms with Crippen molar-refractivity contribution in [1.29, 1.82) is 0 Å². The number of aliphatic carboxylic acids is 2. The van der Waals surface area contributed by atoms with Crippen LogP contribution in [0.2, 0.25) is 0 Å². The van der Waals surface area contributed by atoms with Gasteiger partial charge in [-0.3, -0.25) is 13.8 Å². The van der Waals surface area contributed by atoms with Gasteiger partial charge in [0.2, 0.25) is 0 Å². The average Bonchev–Trinajstić information content (AvgIpc) is 3.13. The minimum atomic E-state index is -1.84. The number of carboxylic acids is 2. The Morgan fingerprint density at radius 3 is 2.50 bits per heavy atom. The minimum absolute atomic E-state index is 0.0445. The summed E-state index contributed by atoms with van der Waals surface area (Å²) in [5.41, 5.74) is 4.15. The van der Waals surface area contributed by atoms with Crippen LogP contribution in [-0.2, 0) is 20.4 Å². The van der Waals surface area contributed by atoms with E-state index < -0.39 is 57.1 Å². The highest BCUT2D eigenvalue weighted by Crippen LogP contribution is 2.63. The molecule has 0 aliphatic heterocycles. The Morgan fingerprint density at radius 1 is 1.32 bits per heavy atom. The molecule has 2 aliphatic carbocycles. The molecular formula is C14H14FNO5S. The first-order chi connectivity index (χ1) is 10.3. The van der Waals surface area contributed by atoms with Gasteiger partial charge in [0.25, 0.3) is 0 Å². The van der Waals surface area contributed by atoms with Gasteiger partial charge >= 0.3 is 11.9 Å². The van der Waals surface area contributed by atoms with Gasteiger partial charge in [-0.05, 0) is 24.5 Å². The molecule has 1 aromatic rings. The van der Waals surface area contributed by atoms with Gasteiger partial charge in [-0.25, -0.2) is 4.39 Å². The number of hydrogen-bond donors (Lipinski definition) is 3. The maximum atomic E-state index is 13.8. The first-order valence-corrected chi connectivity index (χ1v) is 7.90. The lowest BCUT2D eigenvalue weighted by Crippen LogP contribution is -2.51. The van der Waals surface area contributed by atoms with Gasteiger partial charge in [0.15, 0.2) is 0 Å². The van der Waals surface area contributed by atoms with Crippen LogP contribution in [0.1, 0.15) is 6.42 Å². The van der Waals surface area contributed by atoms with Gasteiger partial charge in [-0.15, -0.1) is 0 Å². The van der Waals surface area contributed by atoms with Crippen LogP contribution < -0.4 is 5.73 Å². The number of carbonyl (C=O) groups is 2. The van der Waals surface area contributed by atoms with Crippen LogP contribution in [-0.4, -0.2) is 37.1 Å². The summed E-state index contributed by atoms with van der Waals surface area (Å²) in [6.07, 6.45) is -0.123. The number of carboxylic acid groups (broad SMARTS) is 2. The van der Waals surface area contributed by atoms with E-state index in [-0.39, 0.29) is 11.3 Å². The second-order valence-corrected chi connectivity index (χ2v) is 7.42. The third kappa shape index (κ3) is 1.98. The van der Waals surface area contributed by atoms with Crippen molar-refractivity contribution < 1.29 is 28.4 Å². The molecule has 6 nitrogen and oxygen atoms in total. The van der Waals surface area contributed by atoms with Crippen molar-refractivity contribution in [2.45, 2.75) is 22.1 Å². The van der Waals surface area contributed by atoms with Crippen LogP contribution in [0, 0.1) is 23.6 Å². The zero-order valence-electron chi connectivity index (χ0n) is 11.3. The lowest BCUT2D eigenvalue weighted by Gasteiger charge is -2.24. The summed E-state index contributed by atoms with van der Waals surface area (Å²) in [5.74, 6) is -5.41. The maximum Gasteiger partial charge on any atom is 0.324 e. The standard InChI is InChI=1S/C14H14FNO5S/c15-6-3-1-2-4-7(6)22(21)8-5-14(16,13(19)20)11-9(8)10(11)12(17)18/h1-4,8-11H,5,16H2,(H,17,18)(H,19,20). The van der Waals surface area contributed by atoms with E-state index in [4.69, 9.17) is 5.73 Å². The molecule has 0 spiro atoms. The fourth-order valence-electron chi connectivity index (χ4n) is 3.60. The maximum absolute atomic E-state index is 13.8. The molecule has 1 aromatic carbocycles. The lowest BCUT2D eigenvalue weighted by molar-refractivity contribution is -0.145. The number of nitrogens with two attached hydrogens (primary N) is 1. The second kappa shape index (κ2) is 4.85. The number of hydrogen-bond acceptors (Lipinski definition) is 4. The molecule has 4 N–H and O–H groups in total. The van der Waals surface area contributed by atoms with Crippen molar-refractivity contribution in [3.8, 4) is 0 Å². The van der Waals surface area contributed by atoms with Gasteiger partial charge in [-0.2, -0.15) is 0 Å². The van der Waals surface area contributed by atoms with Gasteiger partial charge in [0.05, 0.1) is 21.6 Å². The summed E-state index contributed by atoms with van der Waals surface area (Å²) >= 11 is 0. The van der Waals surface area contributed by atoms with Crippen LogP contribution in [0.15, 0.2) is 29.2 Å². The number of rotatable bonds is 4. The molecule has 0 heterocycles. The summed E-state index contributed by atoms with van der Waals surface area (Å²) < 4.78 is 26.4. The first-order valence-electron chi connectivity index (χ1n) is 6.69. The molecule has 0 bridgehead atoms. The molecule has 0 saturated heterocycles. The van der Waals surface area contributed by atoms with Crippen molar-refractivity contribution in [2.24, 2.45) is 23.5 Å². The van der Waals surface area contributed by atoms with Crippen LogP contribution >= 0.6 is 0 Å². The van der Waals surface area contributed by atoms with Crippen molar-refractivity contribution in [1.82, 2.24) is 0 Å².